The van der Waals surface area contributed by atoms with Crippen molar-refractivity contribution in [1.29, 1.82) is 5.26 Å². The van der Waals surface area contributed by atoms with Gasteiger partial charge in [0, 0.05) is 22.3 Å². The SMILES string of the molecule is Cc1nc(-c2ccc(Cl)cc2)cc(-c2ccccn2)c1C#N. The zero-order valence-corrected chi connectivity index (χ0v) is 12.7. The molecule has 3 nitrogen and oxygen atoms in total. The van der Waals surface area contributed by atoms with E-state index in [9.17, 15) is 5.26 Å². The van der Waals surface area contributed by atoms with Crippen molar-refractivity contribution in [3.63, 3.8) is 0 Å². The molecule has 0 saturated carbocycles. The summed E-state index contributed by atoms with van der Waals surface area (Å²) in [6.45, 7) is 1.84. The minimum absolute atomic E-state index is 0.552. The van der Waals surface area contributed by atoms with Gasteiger partial charge in [-0.15, -0.1) is 0 Å². The van der Waals surface area contributed by atoms with Gasteiger partial charge in [0.05, 0.1) is 22.6 Å². The summed E-state index contributed by atoms with van der Waals surface area (Å²) in [6.07, 6.45) is 1.72. The van der Waals surface area contributed by atoms with Gasteiger partial charge in [-0.25, -0.2) is 0 Å². The van der Waals surface area contributed by atoms with Crippen molar-refractivity contribution >= 4 is 11.6 Å². The van der Waals surface area contributed by atoms with Crippen LogP contribution in [0.3, 0.4) is 0 Å². The second-order valence-electron chi connectivity index (χ2n) is 4.85. The van der Waals surface area contributed by atoms with Gasteiger partial charge in [-0.1, -0.05) is 29.8 Å². The van der Waals surface area contributed by atoms with Crippen LogP contribution in [0.2, 0.25) is 5.02 Å². The van der Waals surface area contributed by atoms with E-state index in [1.165, 1.54) is 0 Å². The molecule has 0 radical (unpaired) electrons. The first-order valence-electron chi connectivity index (χ1n) is 6.78. The molecule has 2 aromatic heterocycles. The van der Waals surface area contributed by atoms with Crippen LogP contribution in [0, 0.1) is 18.3 Å². The van der Waals surface area contributed by atoms with Crippen molar-refractivity contribution < 1.29 is 0 Å². The summed E-state index contributed by atoms with van der Waals surface area (Å²) in [5.41, 5.74) is 4.55. The van der Waals surface area contributed by atoms with Gasteiger partial charge in [0.15, 0.2) is 0 Å². The summed E-state index contributed by atoms with van der Waals surface area (Å²) >= 11 is 5.93. The number of hydrogen-bond donors (Lipinski definition) is 0. The third-order valence-corrected chi connectivity index (χ3v) is 3.64. The van der Waals surface area contributed by atoms with Gasteiger partial charge in [-0.05, 0) is 37.3 Å². The molecule has 0 amide bonds. The molecule has 0 fully saturated rings. The average molecular weight is 306 g/mol. The molecule has 0 saturated heterocycles. The van der Waals surface area contributed by atoms with E-state index in [0.717, 1.165) is 22.5 Å². The molecule has 0 spiro atoms. The molecule has 0 aliphatic heterocycles. The molecule has 0 N–H and O–H groups in total. The van der Waals surface area contributed by atoms with Gasteiger partial charge in [-0.2, -0.15) is 5.26 Å². The Kier molecular flexibility index (Phi) is 3.86. The highest BCUT2D eigenvalue weighted by molar-refractivity contribution is 6.30. The predicted octanol–water partition coefficient (Wildman–Crippen LogP) is 4.64. The Bertz CT molecular complexity index is 850. The number of hydrogen-bond acceptors (Lipinski definition) is 3. The van der Waals surface area contributed by atoms with Crippen molar-refractivity contribution in [2.75, 3.05) is 0 Å². The number of halogens is 1. The monoisotopic (exact) mass is 305 g/mol. The Morgan fingerprint density at radius 2 is 1.82 bits per heavy atom. The molecular weight excluding hydrogens is 294 g/mol. The van der Waals surface area contributed by atoms with Crippen LogP contribution in [-0.2, 0) is 0 Å². The molecule has 3 rings (SSSR count). The molecule has 0 atom stereocenters. The number of rotatable bonds is 2. The second kappa shape index (κ2) is 5.97. The highest BCUT2D eigenvalue weighted by atomic mass is 35.5. The molecule has 2 heterocycles. The Labute approximate surface area is 133 Å². The lowest BCUT2D eigenvalue weighted by Crippen LogP contribution is -1.97. The minimum Gasteiger partial charge on any atom is -0.256 e. The van der Waals surface area contributed by atoms with E-state index in [1.54, 1.807) is 6.20 Å². The van der Waals surface area contributed by atoms with Gasteiger partial charge in [0.2, 0.25) is 0 Å². The fourth-order valence-corrected chi connectivity index (χ4v) is 2.43. The predicted molar refractivity (Wildman–Crippen MR) is 87.4 cm³/mol. The molecular formula is C18H12ClN3. The van der Waals surface area contributed by atoms with Crippen LogP contribution >= 0.6 is 11.6 Å². The largest absolute Gasteiger partial charge is 0.256 e. The molecule has 4 heteroatoms. The van der Waals surface area contributed by atoms with E-state index in [4.69, 9.17) is 11.6 Å². The van der Waals surface area contributed by atoms with Crippen LogP contribution in [0.4, 0.5) is 0 Å². The molecule has 22 heavy (non-hydrogen) atoms. The maximum absolute atomic E-state index is 9.42. The van der Waals surface area contributed by atoms with Crippen molar-refractivity contribution in [1.82, 2.24) is 9.97 Å². The molecule has 0 unspecified atom stereocenters. The molecule has 3 aromatic rings. The van der Waals surface area contributed by atoms with Crippen LogP contribution in [0.1, 0.15) is 11.3 Å². The topological polar surface area (TPSA) is 49.6 Å². The van der Waals surface area contributed by atoms with Gasteiger partial charge in [0.1, 0.15) is 6.07 Å². The van der Waals surface area contributed by atoms with Crippen LogP contribution in [0.25, 0.3) is 22.5 Å². The highest BCUT2D eigenvalue weighted by Gasteiger charge is 2.13. The summed E-state index contributed by atoms with van der Waals surface area (Å²) in [7, 11) is 0. The lowest BCUT2D eigenvalue weighted by molar-refractivity contribution is 1.18. The Morgan fingerprint density at radius 1 is 1.05 bits per heavy atom. The fourth-order valence-electron chi connectivity index (χ4n) is 2.31. The fraction of sp³-hybridized carbons (Fsp3) is 0.0556. The van der Waals surface area contributed by atoms with Crippen LogP contribution < -0.4 is 0 Å². The van der Waals surface area contributed by atoms with Gasteiger partial charge >= 0.3 is 0 Å². The highest BCUT2D eigenvalue weighted by Crippen LogP contribution is 2.29. The summed E-state index contributed by atoms with van der Waals surface area (Å²) in [4.78, 5) is 8.88. The van der Waals surface area contributed by atoms with Crippen LogP contribution in [0.15, 0.2) is 54.7 Å². The van der Waals surface area contributed by atoms with E-state index in [0.29, 0.717) is 16.3 Å². The van der Waals surface area contributed by atoms with Crippen molar-refractivity contribution in [2.45, 2.75) is 6.92 Å². The van der Waals surface area contributed by atoms with E-state index in [2.05, 4.69) is 16.0 Å². The minimum atomic E-state index is 0.552. The standard InChI is InChI=1S/C18H12ClN3/c1-12-16(11-20)15(17-4-2-3-9-21-17)10-18(22-12)13-5-7-14(19)8-6-13/h2-10H,1H3. The summed E-state index contributed by atoms with van der Waals surface area (Å²) in [6, 6.07) is 17.3. The summed E-state index contributed by atoms with van der Waals surface area (Å²) in [5.74, 6) is 0. The van der Waals surface area contributed by atoms with Crippen molar-refractivity contribution in [2.24, 2.45) is 0 Å². The number of pyridine rings is 2. The second-order valence-corrected chi connectivity index (χ2v) is 5.29. The molecule has 0 aliphatic rings. The third kappa shape index (κ3) is 2.69. The van der Waals surface area contributed by atoms with Crippen molar-refractivity contribution in [3.8, 4) is 28.6 Å². The van der Waals surface area contributed by atoms with E-state index >= 15 is 0 Å². The van der Waals surface area contributed by atoms with E-state index in [-0.39, 0.29) is 0 Å². The molecule has 0 bridgehead atoms. The lowest BCUT2D eigenvalue weighted by Gasteiger charge is -2.10. The normalized spacial score (nSPS) is 10.2. The summed E-state index contributed by atoms with van der Waals surface area (Å²) in [5, 5.41) is 10.1. The third-order valence-electron chi connectivity index (χ3n) is 3.39. The number of aromatic nitrogens is 2. The molecule has 106 valence electrons. The molecule has 1 aromatic carbocycles. The van der Waals surface area contributed by atoms with E-state index in [1.807, 2.05) is 55.5 Å². The van der Waals surface area contributed by atoms with Crippen LogP contribution in [-0.4, -0.2) is 9.97 Å². The van der Waals surface area contributed by atoms with E-state index < -0.39 is 0 Å². The summed E-state index contributed by atoms with van der Waals surface area (Å²) < 4.78 is 0. The van der Waals surface area contributed by atoms with Gasteiger partial charge in [0.25, 0.3) is 0 Å². The van der Waals surface area contributed by atoms with Crippen molar-refractivity contribution in [3.05, 3.63) is 71.0 Å². The molecule has 0 aliphatic carbocycles. The zero-order chi connectivity index (χ0) is 15.5. The smallest absolute Gasteiger partial charge is 0.102 e. The first-order valence-corrected chi connectivity index (χ1v) is 7.16. The Hall–Kier alpha value is -2.70. The number of aryl methyl sites for hydroxylation is 1. The number of nitriles is 1. The number of nitrogens with zero attached hydrogens (tertiary/aromatic N) is 3. The maximum Gasteiger partial charge on any atom is 0.102 e. The number of benzene rings is 1. The van der Waals surface area contributed by atoms with Crippen LogP contribution in [0.5, 0.6) is 0 Å². The Morgan fingerprint density at radius 3 is 2.45 bits per heavy atom. The zero-order valence-electron chi connectivity index (χ0n) is 11.9. The first kappa shape index (κ1) is 14.2. The van der Waals surface area contributed by atoms with Gasteiger partial charge < -0.3 is 0 Å². The van der Waals surface area contributed by atoms with Gasteiger partial charge in [-0.3, -0.25) is 9.97 Å². The first-order chi connectivity index (χ1) is 10.7. The average Bonchev–Trinajstić information content (AvgIpc) is 2.55. The Balaban J connectivity index is 2.21. The quantitative estimate of drug-likeness (QED) is 0.692. The maximum atomic E-state index is 9.42. The lowest BCUT2D eigenvalue weighted by atomic mass is 10.0.